The molecule has 1 unspecified atom stereocenters. The summed E-state index contributed by atoms with van der Waals surface area (Å²) in [6, 6.07) is 4.86. The molecule has 0 spiro atoms. The number of carbonyl (C=O) groups excluding carboxylic acids is 2. The van der Waals surface area contributed by atoms with Gasteiger partial charge in [-0.15, -0.1) is 0 Å². The van der Waals surface area contributed by atoms with Crippen LogP contribution >= 0.6 is 15.9 Å². The Morgan fingerprint density at radius 3 is 2.54 bits per heavy atom. The zero-order valence-electron chi connectivity index (χ0n) is 16.0. The molecule has 0 saturated carbocycles. The molecule has 0 bridgehead atoms. The maximum Gasteiger partial charge on any atom is 0.407 e. The molecule has 1 saturated heterocycles. The molecule has 156 valence electrons. The summed E-state index contributed by atoms with van der Waals surface area (Å²) >= 11 is 3.31. The number of rotatable bonds is 3. The fourth-order valence-electron chi connectivity index (χ4n) is 2.98. The number of carbonyl (C=O) groups is 2. The summed E-state index contributed by atoms with van der Waals surface area (Å²) in [4.78, 5) is 25.8. The van der Waals surface area contributed by atoms with Crippen molar-refractivity contribution < 1.29 is 27.5 Å². The topological polar surface area (TPSA) is 58.6 Å². The van der Waals surface area contributed by atoms with E-state index in [1.165, 1.54) is 4.90 Å². The number of nitrogens with zero attached hydrogens (tertiary/aromatic N) is 1. The van der Waals surface area contributed by atoms with Gasteiger partial charge in [-0.25, -0.2) is 4.79 Å². The first-order valence-corrected chi connectivity index (χ1v) is 9.77. The van der Waals surface area contributed by atoms with Gasteiger partial charge in [0.1, 0.15) is 5.60 Å². The third kappa shape index (κ3) is 6.68. The Morgan fingerprint density at radius 1 is 1.25 bits per heavy atom. The van der Waals surface area contributed by atoms with Crippen LogP contribution in [0.15, 0.2) is 22.7 Å². The SMILES string of the molecule is CC(C)(C)OC(=O)NCc1cc(Br)cc(C(=O)N2CCCC(C(F)(F)F)C2)c1. The van der Waals surface area contributed by atoms with Crippen molar-refractivity contribution >= 4 is 27.9 Å². The molecule has 1 aliphatic rings. The molecule has 1 heterocycles. The van der Waals surface area contributed by atoms with Gasteiger partial charge in [0, 0.05) is 29.7 Å². The third-order valence-electron chi connectivity index (χ3n) is 4.21. The van der Waals surface area contributed by atoms with E-state index < -0.39 is 29.7 Å². The van der Waals surface area contributed by atoms with Crippen LogP contribution in [0.3, 0.4) is 0 Å². The molecule has 1 aliphatic heterocycles. The molecule has 9 heteroatoms. The molecule has 0 radical (unpaired) electrons. The average molecular weight is 465 g/mol. The Bertz CT molecular complexity index is 732. The van der Waals surface area contributed by atoms with Gasteiger partial charge in [0.25, 0.3) is 5.91 Å². The van der Waals surface area contributed by atoms with Crippen LogP contribution in [-0.4, -0.2) is 41.8 Å². The summed E-state index contributed by atoms with van der Waals surface area (Å²) in [7, 11) is 0. The van der Waals surface area contributed by atoms with Crippen LogP contribution in [0.1, 0.15) is 49.5 Å². The maximum absolute atomic E-state index is 13.0. The smallest absolute Gasteiger partial charge is 0.407 e. The van der Waals surface area contributed by atoms with Gasteiger partial charge in [-0.05, 0) is 57.4 Å². The number of ether oxygens (including phenoxy) is 1. The fraction of sp³-hybridized carbons (Fsp3) is 0.579. The number of likely N-dealkylation sites (tertiary alicyclic amines) is 1. The standard InChI is InChI=1S/C19H24BrF3N2O3/c1-18(2,3)28-17(27)24-10-12-7-13(9-15(20)8-12)16(26)25-6-4-5-14(11-25)19(21,22)23/h7-9,14H,4-6,10-11H2,1-3H3,(H,24,27). The Kier molecular flexibility index (Phi) is 7.01. The number of nitrogens with one attached hydrogen (secondary N) is 1. The summed E-state index contributed by atoms with van der Waals surface area (Å²) in [5, 5.41) is 2.60. The van der Waals surface area contributed by atoms with E-state index in [1.54, 1.807) is 39.0 Å². The van der Waals surface area contributed by atoms with Gasteiger partial charge in [0.15, 0.2) is 0 Å². The van der Waals surface area contributed by atoms with Gasteiger partial charge in [-0.3, -0.25) is 4.79 Å². The van der Waals surface area contributed by atoms with Gasteiger partial charge in [-0.2, -0.15) is 13.2 Å². The first-order chi connectivity index (χ1) is 12.8. The minimum atomic E-state index is -4.31. The Balaban J connectivity index is 2.07. The van der Waals surface area contributed by atoms with E-state index in [2.05, 4.69) is 21.2 Å². The molecule has 1 N–H and O–H groups in total. The van der Waals surface area contributed by atoms with Crippen LogP contribution in [0.25, 0.3) is 0 Å². The van der Waals surface area contributed by atoms with Crippen LogP contribution in [0.5, 0.6) is 0 Å². The molecule has 2 amide bonds. The Morgan fingerprint density at radius 2 is 1.93 bits per heavy atom. The zero-order chi connectivity index (χ0) is 21.1. The van der Waals surface area contributed by atoms with Crippen LogP contribution in [-0.2, 0) is 11.3 Å². The third-order valence-corrected chi connectivity index (χ3v) is 4.67. The van der Waals surface area contributed by atoms with Crippen LogP contribution in [0, 0.1) is 5.92 Å². The lowest BCUT2D eigenvalue weighted by Gasteiger charge is -2.33. The van der Waals surface area contributed by atoms with Crippen molar-refractivity contribution in [1.82, 2.24) is 10.2 Å². The van der Waals surface area contributed by atoms with Crippen molar-refractivity contribution in [1.29, 1.82) is 0 Å². The minimum absolute atomic E-state index is 0.0385. The second kappa shape index (κ2) is 8.71. The Labute approximate surface area is 170 Å². The second-order valence-electron chi connectivity index (χ2n) is 7.84. The summed E-state index contributed by atoms with van der Waals surface area (Å²) in [5.41, 5.74) is 0.275. The number of benzene rings is 1. The van der Waals surface area contributed by atoms with Crippen molar-refractivity contribution in [2.75, 3.05) is 13.1 Å². The molecule has 1 atom stereocenters. The second-order valence-corrected chi connectivity index (χ2v) is 8.75. The summed E-state index contributed by atoms with van der Waals surface area (Å²) in [6.07, 6.45) is -4.55. The summed E-state index contributed by atoms with van der Waals surface area (Å²) in [5.74, 6) is -1.94. The summed E-state index contributed by atoms with van der Waals surface area (Å²) < 4.78 is 44.8. The van der Waals surface area contributed by atoms with Crippen molar-refractivity contribution in [2.45, 2.75) is 51.9 Å². The highest BCUT2D eigenvalue weighted by Gasteiger charge is 2.42. The maximum atomic E-state index is 13.0. The van der Waals surface area contributed by atoms with Gasteiger partial charge in [0.05, 0.1) is 5.92 Å². The molecule has 1 aromatic rings. The highest BCUT2D eigenvalue weighted by atomic mass is 79.9. The van der Waals surface area contributed by atoms with Gasteiger partial charge in [-0.1, -0.05) is 15.9 Å². The van der Waals surface area contributed by atoms with Gasteiger partial charge in [0.2, 0.25) is 0 Å². The van der Waals surface area contributed by atoms with E-state index in [0.717, 1.165) is 0 Å². The number of halogens is 4. The lowest BCUT2D eigenvalue weighted by molar-refractivity contribution is -0.184. The van der Waals surface area contributed by atoms with E-state index >= 15 is 0 Å². The average Bonchev–Trinajstić information content (AvgIpc) is 2.57. The van der Waals surface area contributed by atoms with Crippen LogP contribution < -0.4 is 5.32 Å². The van der Waals surface area contributed by atoms with E-state index in [0.29, 0.717) is 23.0 Å². The van der Waals surface area contributed by atoms with E-state index in [9.17, 15) is 22.8 Å². The molecular formula is C19H24BrF3N2O3. The highest BCUT2D eigenvalue weighted by Crippen LogP contribution is 2.33. The van der Waals surface area contributed by atoms with Crippen LogP contribution in [0.4, 0.5) is 18.0 Å². The molecule has 2 rings (SSSR count). The quantitative estimate of drug-likeness (QED) is 0.692. The Hall–Kier alpha value is -1.77. The highest BCUT2D eigenvalue weighted by molar-refractivity contribution is 9.10. The van der Waals surface area contributed by atoms with E-state index in [1.807, 2.05) is 0 Å². The fourth-order valence-corrected chi connectivity index (χ4v) is 3.52. The molecule has 0 aliphatic carbocycles. The first kappa shape index (κ1) is 22.5. The molecule has 1 aromatic carbocycles. The van der Waals surface area contributed by atoms with Crippen molar-refractivity contribution in [3.63, 3.8) is 0 Å². The van der Waals surface area contributed by atoms with Crippen molar-refractivity contribution in [3.8, 4) is 0 Å². The number of hydrogen-bond acceptors (Lipinski definition) is 3. The van der Waals surface area contributed by atoms with Crippen LogP contribution in [0.2, 0.25) is 0 Å². The van der Waals surface area contributed by atoms with E-state index in [-0.39, 0.29) is 25.1 Å². The van der Waals surface area contributed by atoms with Gasteiger partial charge >= 0.3 is 12.3 Å². The summed E-state index contributed by atoms with van der Waals surface area (Å²) in [6.45, 7) is 5.32. The number of alkyl halides is 3. The minimum Gasteiger partial charge on any atom is -0.444 e. The molecule has 28 heavy (non-hydrogen) atoms. The normalized spacial score (nSPS) is 18.0. The number of alkyl carbamates (subject to hydrolysis) is 1. The monoisotopic (exact) mass is 464 g/mol. The number of amides is 2. The van der Waals surface area contributed by atoms with Crippen molar-refractivity contribution in [2.24, 2.45) is 5.92 Å². The lowest BCUT2D eigenvalue weighted by atomic mass is 9.96. The number of piperidine rings is 1. The van der Waals surface area contributed by atoms with E-state index in [4.69, 9.17) is 4.74 Å². The lowest BCUT2D eigenvalue weighted by Crippen LogP contribution is -2.44. The number of hydrogen-bond donors (Lipinski definition) is 1. The van der Waals surface area contributed by atoms with Crippen molar-refractivity contribution in [3.05, 3.63) is 33.8 Å². The predicted molar refractivity (Wildman–Crippen MR) is 102 cm³/mol. The molecule has 0 aromatic heterocycles. The largest absolute Gasteiger partial charge is 0.444 e. The predicted octanol–water partition coefficient (Wildman–Crippen LogP) is 4.89. The molecule has 5 nitrogen and oxygen atoms in total. The van der Waals surface area contributed by atoms with Gasteiger partial charge < -0.3 is 15.0 Å². The zero-order valence-corrected chi connectivity index (χ0v) is 17.6. The first-order valence-electron chi connectivity index (χ1n) is 8.97. The molecular weight excluding hydrogens is 441 g/mol. The molecule has 1 fully saturated rings.